The Morgan fingerprint density at radius 1 is 1.12 bits per heavy atom. The van der Waals surface area contributed by atoms with Crippen LogP contribution < -0.4 is 5.32 Å². The van der Waals surface area contributed by atoms with Crippen LogP contribution in [0.1, 0.15) is 16.1 Å². The van der Waals surface area contributed by atoms with E-state index in [0.717, 1.165) is 39.8 Å². The first-order chi connectivity index (χ1) is 12.2. The van der Waals surface area contributed by atoms with E-state index in [1.54, 1.807) is 29.1 Å². The second-order valence-corrected chi connectivity index (χ2v) is 6.04. The van der Waals surface area contributed by atoms with Crippen molar-refractivity contribution in [2.45, 2.75) is 6.54 Å². The molecule has 8 heteroatoms. The molecular weight excluding hydrogens is 336 g/mol. The fraction of sp³-hybridized carbons (Fsp3) is 0.118. The molecule has 0 unspecified atom stereocenters. The molecule has 4 rings (SSSR count). The van der Waals surface area contributed by atoms with Gasteiger partial charge in [-0.15, -0.1) is 0 Å². The third-order valence-electron chi connectivity index (χ3n) is 3.85. The van der Waals surface area contributed by atoms with Gasteiger partial charge in [0.1, 0.15) is 16.7 Å². The Morgan fingerprint density at radius 2 is 2.00 bits per heavy atom. The number of hydrogen-bond acceptors (Lipinski definition) is 6. The lowest BCUT2D eigenvalue weighted by Gasteiger charge is -2.05. The molecule has 0 aliphatic rings. The topological polar surface area (TPSA) is 85.6 Å². The molecule has 0 saturated carbocycles. The highest BCUT2D eigenvalue weighted by Gasteiger charge is 2.11. The van der Waals surface area contributed by atoms with E-state index in [9.17, 15) is 4.79 Å². The molecule has 0 saturated heterocycles. The average Bonchev–Trinajstić information content (AvgIpc) is 3.26. The van der Waals surface area contributed by atoms with Crippen LogP contribution in [0.15, 0.2) is 48.7 Å². The van der Waals surface area contributed by atoms with Crippen LogP contribution in [0.4, 0.5) is 0 Å². The van der Waals surface area contributed by atoms with Crippen LogP contribution in [0.5, 0.6) is 0 Å². The summed E-state index contributed by atoms with van der Waals surface area (Å²) in [6.45, 7) is 0.377. The molecule has 4 aromatic rings. The average molecular weight is 350 g/mol. The predicted octanol–water partition coefficient (Wildman–Crippen LogP) is 2.42. The SMILES string of the molecule is Cn1nc(-c2ccccn2)cc1CNC(=O)c1ccc2nsnc2c1. The minimum absolute atomic E-state index is 0.157. The monoisotopic (exact) mass is 350 g/mol. The van der Waals surface area contributed by atoms with Crippen molar-refractivity contribution in [3.05, 3.63) is 59.9 Å². The fourth-order valence-corrected chi connectivity index (χ4v) is 3.02. The number of aryl methyl sites for hydroxylation is 1. The van der Waals surface area contributed by atoms with Crippen molar-refractivity contribution in [2.24, 2.45) is 7.05 Å². The molecule has 0 radical (unpaired) electrons. The molecule has 3 aromatic heterocycles. The minimum Gasteiger partial charge on any atom is -0.346 e. The maximum atomic E-state index is 12.4. The Bertz CT molecular complexity index is 1040. The predicted molar refractivity (Wildman–Crippen MR) is 95.0 cm³/mol. The van der Waals surface area contributed by atoms with Crippen LogP contribution in [0, 0.1) is 0 Å². The first-order valence-corrected chi connectivity index (χ1v) is 8.38. The van der Waals surface area contributed by atoms with E-state index in [1.165, 1.54) is 0 Å². The number of amides is 1. The normalized spacial score (nSPS) is 10.9. The highest BCUT2D eigenvalue weighted by atomic mass is 32.1. The number of carbonyl (C=O) groups is 1. The van der Waals surface area contributed by atoms with Gasteiger partial charge in [0.05, 0.1) is 29.7 Å². The quantitative estimate of drug-likeness (QED) is 0.611. The van der Waals surface area contributed by atoms with E-state index in [-0.39, 0.29) is 5.91 Å². The number of fused-ring (bicyclic) bond motifs is 1. The second kappa shape index (κ2) is 6.40. The maximum Gasteiger partial charge on any atom is 0.251 e. The standard InChI is InChI=1S/C17H14N6OS/c1-23-12(9-15(20-23)13-4-2-3-7-18-13)10-19-17(24)11-5-6-14-16(8-11)22-25-21-14/h2-9H,10H2,1H3,(H,19,24). The third kappa shape index (κ3) is 3.11. The molecule has 0 aliphatic heterocycles. The summed E-state index contributed by atoms with van der Waals surface area (Å²) in [6, 6.07) is 12.9. The number of aromatic nitrogens is 5. The third-order valence-corrected chi connectivity index (χ3v) is 4.41. The van der Waals surface area contributed by atoms with Gasteiger partial charge < -0.3 is 5.32 Å². The Morgan fingerprint density at radius 3 is 2.84 bits per heavy atom. The fourth-order valence-electron chi connectivity index (χ4n) is 2.51. The van der Waals surface area contributed by atoms with E-state index in [2.05, 4.69) is 24.1 Å². The summed E-state index contributed by atoms with van der Waals surface area (Å²) in [5.74, 6) is -0.157. The number of rotatable bonds is 4. The largest absolute Gasteiger partial charge is 0.346 e. The van der Waals surface area contributed by atoms with Crippen molar-refractivity contribution in [1.29, 1.82) is 0 Å². The molecule has 1 aromatic carbocycles. The van der Waals surface area contributed by atoms with Gasteiger partial charge in [-0.3, -0.25) is 14.5 Å². The van der Waals surface area contributed by atoms with Gasteiger partial charge in [-0.2, -0.15) is 13.8 Å². The number of carbonyl (C=O) groups excluding carboxylic acids is 1. The molecule has 0 atom stereocenters. The summed E-state index contributed by atoms with van der Waals surface area (Å²) < 4.78 is 10.0. The maximum absolute atomic E-state index is 12.4. The van der Waals surface area contributed by atoms with Crippen molar-refractivity contribution >= 4 is 28.7 Å². The summed E-state index contributed by atoms with van der Waals surface area (Å²) in [5, 5.41) is 7.36. The smallest absolute Gasteiger partial charge is 0.251 e. The van der Waals surface area contributed by atoms with Crippen LogP contribution in [0.25, 0.3) is 22.4 Å². The first kappa shape index (κ1) is 15.4. The molecule has 7 nitrogen and oxygen atoms in total. The van der Waals surface area contributed by atoms with Crippen LogP contribution in [0.2, 0.25) is 0 Å². The molecule has 0 fully saturated rings. The van der Waals surface area contributed by atoms with Gasteiger partial charge in [-0.25, -0.2) is 0 Å². The number of pyridine rings is 1. The molecular formula is C17H14N6OS. The van der Waals surface area contributed by atoms with Crippen LogP contribution in [-0.2, 0) is 13.6 Å². The summed E-state index contributed by atoms with van der Waals surface area (Å²) in [5.41, 5.74) is 4.57. The van der Waals surface area contributed by atoms with E-state index in [4.69, 9.17) is 0 Å². The van der Waals surface area contributed by atoms with Gasteiger partial charge in [0.15, 0.2) is 0 Å². The second-order valence-electron chi connectivity index (χ2n) is 5.51. The van der Waals surface area contributed by atoms with E-state index in [0.29, 0.717) is 12.1 Å². The first-order valence-electron chi connectivity index (χ1n) is 7.65. The lowest BCUT2D eigenvalue weighted by Crippen LogP contribution is -2.24. The summed E-state index contributed by atoms with van der Waals surface area (Å²) >= 11 is 1.14. The van der Waals surface area contributed by atoms with Crippen LogP contribution in [-0.4, -0.2) is 29.4 Å². The van der Waals surface area contributed by atoms with Gasteiger partial charge in [-0.1, -0.05) is 6.07 Å². The molecule has 0 aliphatic carbocycles. The zero-order valence-electron chi connectivity index (χ0n) is 13.4. The van der Waals surface area contributed by atoms with Gasteiger partial charge >= 0.3 is 0 Å². The van der Waals surface area contributed by atoms with Crippen molar-refractivity contribution < 1.29 is 4.79 Å². The van der Waals surface area contributed by atoms with E-state index in [1.807, 2.05) is 31.3 Å². The Balaban J connectivity index is 1.49. The lowest BCUT2D eigenvalue weighted by molar-refractivity contribution is 0.0950. The van der Waals surface area contributed by atoms with Crippen LogP contribution in [0.3, 0.4) is 0 Å². The molecule has 124 valence electrons. The number of nitrogens with zero attached hydrogens (tertiary/aromatic N) is 5. The Labute approximate surface area is 147 Å². The van der Waals surface area contributed by atoms with Gasteiger partial charge in [0.25, 0.3) is 5.91 Å². The molecule has 3 heterocycles. The highest BCUT2D eigenvalue weighted by Crippen LogP contribution is 2.16. The number of nitrogens with one attached hydrogen (secondary N) is 1. The Hall–Kier alpha value is -3.13. The van der Waals surface area contributed by atoms with Crippen molar-refractivity contribution in [3.8, 4) is 11.4 Å². The van der Waals surface area contributed by atoms with Gasteiger partial charge in [-0.05, 0) is 36.4 Å². The summed E-state index contributed by atoms with van der Waals surface area (Å²) in [4.78, 5) is 16.7. The van der Waals surface area contributed by atoms with Crippen molar-refractivity contribution in [1.82, 2.24) is 28.8 Å². The minimum atomic E-state index is -0.157. The van der Waals surface area contributed by atoms with Crippen molar-refractivity contribution in [3.63, 3.8) is 0 Å². The lowest BCUT2D eigenvalue weighted by atomic mass is 10.2. The molecule has 1 N–H and O–H groups in total. The summed E-state index contributed by atoms with van der Waals surface area (Å²) in [7, 11) is 1.85. The zero-order chi connectivity index (χ0) is 17.2. The highest BCUT2D eigenvalue weighted by molar-refractivity contribution is 7.00. The molecule has 0 bridgehead atoms. The molecule has 25 heavy (non-hydrogen) atoms. The van der Waals surface area contributed by atoms with E-state index < -0.39 is 0 Å². The Kier molecular flexibility index (Phi) is 3.95. The number of hydrogen-bond donors (Lipinski definition) is 1. The van der Waals surface area contributed by atoms with E-state index >= 15 is 0 Å². The summed E-state index contributed by atoms with van der Waals surface area (Å²) in [6.07, 6.45) is 1.73. The molecule has 1 amide bonds. The zero-order valence-corrected chi connectivity index (χ0v) is 14.2. The van der Waals surface area contributed by atoms with Gasteiger partial charge in [0.2, 0.25) is 0 Å². The van der Waals surface area contributed by atoms with Crippen LogP contribution >= 0.6 is 11.7 Å². The van der Waals surface area contributed by atoms with Gasteiger partial charge in [0, 0.05) is 18.8 Å². The van der Waals surface area contributed by atoms with Crippen molar-refractivity contribution in [2.75, 3.05) is 0 Å². The number of benzene rings is 1. The molecule has 0 spiro atoms.